The second-order valence-electron chi connectivity index (χ2n) is 6.47. The summed E-state index contributed by atoms with van der Waals surface area (Å²) in [7, 11) is 0. The first-order valence-corrected chi connectivity index (χ1v) is 9.08. The molecule has 1 aliphatic heterocycles. The molecular weight excluding hydrogens is 322 g/mol. The topological polar surface area (TPSA) is 62.3 Å². The number of hydrogen-bond acceptors (Lipinski definition) is 4. The third-order valence-corrected chi connectivity index (χ3v) is 5.74. The Balaban J connectivity index is 1.43. The number of thiazole rings is 1. The second-order valence-corrected chi connectivity index (χ2v) is 7.56. The van der Waals surface area contributed by atoms with Gasteiger partial charge in [0, 0.05) is 23.5 Å². The van der Waals surface area contributed by atoms with Crippen molar-refractivity contribution in [2.45, 2.75) is 32.6 Å². The molecule has 5 nitrogen and oxygen atoms in total. The van der Waals surface area contributed by atoms with E-state index < -0.39 is 0 Å². The van der Waals surface area contributed by atoms with Gasteiger partial charge in [0.05, 0.1) is 11.6 Å². The normalized spacial score (nSPS) is 19.6. The number of hydrogen-bond donors (Lipinski definition) is 1. The molecule has 1 fully saturated rings. The number of rotatable bonds is 3. The minimum atomic E-state index is -0.322. The molecule has 1 aromatic heterocycles. The molecule has 0 bridgehead atoms. The molecule has 2 aliphatic rings. The number of aromatic nitrogens is 1. The predicted octanol–water partition coefficient (Wildman–Crippen LogP) is 2.93. The highest BCUT2D eigenvalue weighted by atomic mass is 32.1. The molecule has 0 unspecified atom stereocenters. The van der Waals surface area contributed by atoms with Gasteiger partial charge in [-0.1, -0.05) is 17.7 Å². The molecule has 1 atom stereocenters. The average molecular weight is 341 g/mol. The number of amides is 2. The van der Waals surface area contributed by atoms with Crippen molar-refractivity contribution < 1.29 is 9.59 Å². The average Bonchev–Trinajstić information content (AvgIpc) is 3.22. The summed E-state index contributed by atoms with van der Waals surface area (Å²) in [6.45, 7) is 2.44. The molecule has 0 saturated carbocycles. The Labute approximate surface area is 144 Å². The Hall–Kier alpha value is -2.21. The molecule has 124 valence electrons. The van der Waals surface area contributed by atoms with Gasteiger partial charge in [-0.25, -0.2) is 4.98 Å². The molecule has 1 aromatic carbocycles. The molecule has 2 amide bonds. The number of nitrogens with zero attached hydrogens (tertiary/aromatic N) is 2. The van der Waals surface area contributed by atoms with Gasteiger partial charge in [-0.05, 0) is 38.3 Å². The fourth-order valence-electron chi connectivity index (χ4n) is 3.31. The zero-order valence-corrected chi connectivity index (χ0v) is 14.4. The predicted molar refractivity (Wildman–Crippen MR) is 94.4 cm³/mol. The molecule has 1 N–H and O–H groups in total. The molecule has 24 heavy (non-hydrogen) atoms. The van der Waals surface area contributed by atoms with E-state index in [0.717, 1.165) is 36.2 Å². The summed E-state index contributed by atoms with van der Waals surface area (Å²) in [5.74, 6) is -0.427. The number of carbonyl (C=O) groups is 2. The Morgan fingerprint density at radius 2 is 2.08 bits per heavy atom. The maximum Gasteiger partial charge on any atom is 0.231 e. The second kappa shape index (κ2) is 6.02. The number of aryl methyl sites for hydroxylation is 3. The van der Waals surface area contributed by atoms with E-state index in [4.69, 9.17) is 0 Å². The number of nitrogens with one attached hydrogen (secondary N) is 1. The zero-order valence-electron chi connectivity index (χ0n) is 13.5. The number of benzene rings is 1. The number of fused-ring (bicyclic) bond motifs is 1. The molecule has 2 aromatic rings. The SMILES string of the molecule is Cc1ccc(N2C[C@H](C(=O)Nc3nc4c(s3)CCC4)CC2=O)cc1. The summed E-state index contributed by atoms with van der Waals surface area (Å²) in [5, 5.41) is 3.58. The van der Waals surface area contributed by atoms with Gasteiger partial charge in [-0.2, -0.15) is 0 Å². The number of anilines is 2. The van der Waals surface area contributed by atoms with Crippen molar-refractivity contribution in [1.82, 2.24) is 4.98 Å². The quantitative estimate of drug-likeness (QED) is 0.934. The van der Waals surface area contributed by atoms with E-state index in [-0.39, 0.29) is 24.2 Å². The monoisotopic (exact) mass is 341 g/mol. The van der Waals surface area contributed by atoms with Crippen molar-refractivity contribution in [3.8, 4) is 0 Å². The minimum absolute atomic E-state index is 0.000589. The lowest BCUT2D eigenvalue weighted by Crippen LogP contribution is -2.28. The first-order chi connectivity index (χ1) is 11.6. The summed E-state index contributed by atoms with van der Waals surface area (Å²) in [6.07, 6.45) is 3.48. The van der Waals surface area contributed by atoms with Crippen LogP contribution in [0.25, 0.3) is 0 Å². The van der Waals surface area contributed by atoms with Gasteiger partial charge in [0.1, 0.15) is 0 Å². The van der Waals surface area contributed by atoms with Gasteiger partial charge in [0.25, 0.3) is 0 Å². The van der Waals surface area contributed by atoms with Crippen LogP contribution in [0.15, 0.2) is 24.3 Å². The molecule has 1 saturated heterocycles. The molecule has 0 radical (unpaired) electrons. The first-order valence-electron chi connectivity index (χ1n) is 8.26. The summed E-state index contributed by atoms with van der Waals surface area (Å²) < 4.78 is 0. The molecule has 1 aliphatic carbocycles. The Morgan fingerprint density at radius 1 is 1.29 bits per heavy atom. The van der Waals surface area contributed by atoms with Crippen LogP contribution in [0.5, 0.6) is 0 Å². The van der Waals surface area contributed by atoms with Gasteiger partial charge in [-0.3, -0.25) is 9.59 Å². The standard InChI is InChI=1S/C18H19N3O2S/c1-11-5-7-13(8-6-11)21-10-12(9-16(21)22)17(23)20-18-19-14-3-2-4-15(14)24-18/h5-8,12H,2-4,9-10H2,1H3,(H,19,20,23)/t12-/m1/s1. The van der Waals surface area contributed by atoms with Gasteiger partial charge < -0.3 is 10.2 Å². The molecule has 6 heteroatoms. The van der Waals surface area contributed by atoms with Crippen LogP contribution in [0.3, 0.4) is 0 Å². The zero-order chi connectivity index (χ0) is 16.7. The number of carbonyl (C=O) groups excluding carboxylic acids is 2. The summed E-state index contributed by atoms with van der Waals surface area (Å²) in [5.41, 5.74) is 3.13. The first kappa shape index (κ1) is 15.3. The van der Waals surface area contributed by atoms with Gasteiger partial charge in [-0.15, -0.1) is 11.3 Å². The Kier molecular flexibility index (Phi) is 3.84. The van der Waals surface area contributed by atoms with Crippen LogP contribution in [-0.4, -0.2) is 23.3 Å². The van der Waals surface area contributed by atoms with Crippen LogP contribution in [0, 0.1) is 12.8 Å². The minimum Gasteiger partial charge on any atom is -0.312 e. The van der Waals surface area contributed by atoms with E-state index in [9.17, 15) is 9.59 Å². The third kappa shape index (κ3) is 2.82. The van der Waals surface area contributed by atoms with Gasteiger partial charge in [0.15, 0.2) is 5.13 Å². The molecule has 2 heterocycles. The maximum atomic E-state index is 12.5. The van der Waals surface area contributed by atoms with Crippen molar-refractivity contribution in [1.29, 1.82) is 0 Å². The van der Waals surface area contributed by atoms with Crippen LogP contribution >= 0.6 is 11.3 Å². The molecule has 0 spiro atoms. The van der Waals surface area contributed by atoms with E-state index in [1.165, 1.54) is 4.88 Å². The lowest BCUT2D eigenvalue weighted by molar-refractivity contribution is -0.122. The maximum absolute atomic E-state index is 12.5. The van der Waals surface area contributed by atoms with Crippen molar-refractivity contribution in [3.63, 3.8) is 0 Å². The van der Waals surface area contributed by atoms with Crippen LogP contribution in [0.1, 0.15) is 29.0 Å². The van der Waals surface area contributed by atoms with E-state index in [2.05, 4.69) is 10.3 Å². The fraction of sp³-hybridized carbons (Fsp3) is 0.389. The third-order valence-electron chi connectivity index (χ3n) is 4.67. The summed E-state index contributed by atoms with van der Waals surface area (Å²) in [6, 6.07) is 7.82. The van der Waals surface area contributed by atoms with Crippen molar-refractivity contribution in [2.24, 2.45) is 5.92 Å². The lowest BCUT2D eigenvalue weighted by atomic mass is 10.1. The van der Waals surface area contributed by atoms with Gasteiger partial charge >= 0.3 is 0 Å². The fourth-order valence-corrected chi connectivity index (χ4v) is 4.36. The largest absolute Gasteiger partial charge is 0.312 e. The molecule has 4 rings (SSSR count). The summed E-state index contributed by atoms with van der Waals surface area (Å²) >= 11 is 1.57. The van der Waals surface area contributed by atoms with Crippen LogP contribution in [-0.2, 0) is 22.4 Å². The Morgan fingerprint density at radius 3 is 2.83 bits per heavy atom. The van der Waals surface area contributed by atoms with Crippen molar-refractivity contribution >= 4 is 34.0 Å². The van der Waals surface area contributed by atoms with E-state index in [1.54, 1.807) is 16.2 Å². The van der Waals surface area contributed by atoms with Crippen LogP contribution in [0.2, 0.25) is 0 Å². The highest BCUT2D eigenvalue weighted by molar-refractivity contribution is 7.15. The van der Waals surface area contributed by atoms with Crippen LogP contribution in [0.4, 0.5) is 10.8 Å². The van der Waals surface area contributed by atoms with Crippen molar-refractivity contribution in [3.05, 3.63) is 40.4 Å². The summed E-state index contributed by atoms with van der Waals surface area (Å²) in [4.78, 5) is 32.3. The smallest absolute Gasteiger partial charge is 0.231 e. The van der Waals surface area contributed by atoms with E-state index in [1.807, 2.05) is 31.2 Å². The highest BCUT2D eigenvalue weighted by Crippen LogP contribution is 2.31. The van der Waals surface area contributed by atoms with E-state index in [0.29, 0.717) is 11.7 Å². The highest BCUT2D eigenvalue weighted by Gasteiger charge is 2.35. The van der Waals surface area contributed by atoms with E-state index >= 15 is 0 Å². The molecular formula is C18H19N3O2S. The van der Waals surface area contributed by atoms with Crippen LogP contribution < -0.4 is 10.2 Å². The van der Waals surface area contributed by atoms with Crippen molar-refractivity contribution in [2.75, 3.05) is 16.8 Å². The Bertz CT molecular complexity index is 776. The lowest BCUT2D eigenvalue weighted by Gasteiger charge is -2.16. The van der Waals surface area contributed by atoms with Gasteiger partial charge in [0.2, 0.25) is 11.8 Å².